The number of esters is 1. The predicted octanol–water partition coefficient (Wildman–Crippen LogP) is 6.12. The van der Waals surface area contributed by atoms with Crippen molar-refractivity contribution in [1.82, 2.24) is 0 Å². The number of ether oxygens (including phenoxy) is 1. The molecule has 3 heteroatoms. The molecular formula is C25H28O3. The van der Waals surface area contributed by atoms with Crippen LogP contribution >= 0.6 is 0 Å². The van der Waals surface area contributed by atoms with E-state index >= 15 is 0 Å². The van der Waals surface area contributed by atoms with Crippen LogP contribution < -0.4 is 0 Å². The van der Waals surface area contributed by atoms with Gasteiger partial charge in [-0.3, -0.25) is 0 Å². The zero-order chi connectivity index (χ0) is 20.3. The number of rotatable bonds is 4. The Balaban J connectivity index is 1.91. The molecule has 1 saturated carbocycles. The topological polar surface area (TPSA) is 46.5 Å². The van der Waals surface area contributed by atoms with Crippen LogP contribution in [0.5, 0.6) is 5.75 Å². The first-order chi connectivity index (χ1) is 13.2. The minimum absolute atomic E-state index is 0.267. The number of allylic oxidation sites excluding steroid dienone is 1. The van der Waals surface area contributed by atoms with E-state index in [0.29, 0.717) is 5.57 Å². The summed E-state index contributed by atoms with van der Waals surface area (Å²) in [5, 5.41) is 9.63. The minimum atomic E-state index is -0.543. The van der Waals surface area contributed by atoms with E-state index < -0.39 is 11.6 Å². The van der Waals surface area contributed by atoms with Crippen molar-refractivity contribution < 1.29 is 14.6 Å². The van der Waals surface area contributed by atoms with Gasteiger partial charge in [-0.25, -0.2) is 4.79 Å². The van der Waals surface area contributed by atoms with Gasteiger partial charge in [-0.05, 0) is 80.9 Å². The van der Waals surface area contributed by atoms with Gasteiger partial charge in [-0.2, -0.15) is 0 Å². The van der Waals surface area contributed by atoms with E-state index in [-0.39, 0.29) is 5.75 Å². The Hall–Kier alpha value is -2.81. The fourth-order valence-corrected chi connectivity index (χ4v) is 3.55. The van der Waals surface area contributed by atoms with Gasteiger partial charge in [-0.1, -0.05) is 48.6 Å². The molecule has 1 aliphatic rings. The van der Waals surface area contributed by atoms with Gasteiger partial charge < -0.3 is 9.84 Å². The Labute approximate surface area is 167 Å². The average Bonchev–Trinajstić information content (AvgIpc) is 3.16. The van der Waals surface area contributed by atoms with E-state index in [1.807, 2.05) is 57.2 Å². The molecule has 1 aliphatic carbocycles. The van der Waals surface area contributed by atoms with Crippen molar-refractivity contribution >= 4 is 17.1 Å². The number of aromatic hydroxyl groups is 1. The van der Waals surface area contributed by atoms with Crippen molar-refractivity contribution in [2.75, 3.05) is 0 Å². The normalized spacial score (nSPS) is 14.0. The zero-order valence-electron chi connectivity index (χ0n) is 16.9. The van der Waals surface area contributed by atoms with Crippen LogP contribution in [-0.4, -0.2) is 16.7 Å². The van der Waals surface area contributed by atoms with Crippen LogP contribution in [0.15, 0.2) is 60.7 Å². The van der Waals surface area contributed by atoms with E-state index in [0.717, 1.165) is 29.5 Å². The van der Waals surface area contributed by atoms with Gasteiger partial charge in [0, 0.05) is 0 Å². The van der Waals surface area contributed by atoms with Crippen molar-refractivity contribution in [2.45, 2.75) is 52.1 Å². The first-order valence-electron chi connectivity index (χ1n) is 9.79. The van der Waals surface area contributed by atoms with Gasteiger partial charge in [0.25, 0.3) is 0 Å². The second kappa shape index (κ2) is 8.05. The molecular weight excluding hydrogens is 348 g/mol. The number of hydrogen-bond acceptors (Lipinski definition) is 3. The molecule has 0 aliphatic heterocycles. The molecule has 0 unspecified atom stereocenters. The molecule has 0 radical (unpaired) electrons. The van der Waals surface area contributed by atoms with E-state index in [1.165, 1.54) is 24.0 Å². The van der Waals surface area contributed by atoms with Crippen LogP contribution in [0.2, 0.25) is 0 Å². The summed E-state index contributed by atoms with van der Waals surface area (Å²) in [4.78, 5) is 12.3. The van der Waals surface area contributed by atoms with Gasteiger partial charge in [0.15, 0.2) is 0 Å². The molecule has 0 bridgehead atoms. The molecule has 2 aromatic carbocycles. The Morgan fingerprint density at radius 2 is 1.36 bits per heavy atom. The first kappa shape index (κ1) is 19.9. The average molecular weight is 376 g/mol. The molecule has 0 saturated heterocycles. The third-order valence-electron chi connectivity index (χ3n) is 4.88. The summed E-state index contributed by atoms with van der Waals surface area (Å²) < 4.78 is 5.42. The quantitative estimate of drug-likeness (QED) is 0.516. The maximum atomic E-state index is 12.3. The molecule has 146 valence electrons. The van der Waals surface area contributed by atoms with Crippen molar-refractivity contribution in [3.63, 3.8) is 0 Å². The van der Waals surface area contributed by atoms with Crippen LogP contribution in [0.25, 0.3) is 11.1 Å². The van der Waals surface area contributed by atoms with Crippen LogP contribution in [0.3, 0.4) is 0 Å². The predicted molar refractivity (Wildman–Crippen MR) is 114 cm³/mol. The second-order valence-corrected chi connectivity index (χ2v) is 8.29. The number of benzene rings is 2. The SMILES string of the molecule is C=C(C(=O)OC(C)(C)C)c1ccc(C(=C2CCCC2)c2ccc(O)cc2)cc1. The van der Waals surface area contributed by atoms with Crippen molar-refractivity contribution in [1.29, 1.82) is 0 Å². The van der Waals surface area contributed by atoms with Crippen molar-refractivity contribution in [3.05, 3.63) is 77.4 Å². The monoisotopic (exact) mass is 376 g/mol. The van der Waals surface area contributed by atoms with Crippen LogP contribution in [0.1, 0.15) is 63.1 Å². The van der Waals surface area contributed by atoms with Gasteiger partial charge in [0.2, 0.25) is 0 Å². The second-order valence-electron chi connectivity index (χ2n) is 8.29. The highest BCUT2D eigenvalue weighted by atomic mass is 16.6. The summed E-state index contributed by atoms with van der Waals surface area (Å²) in [5.41, 5.74) is 5.48. The summed E-state index contributed by atoms with van der Waals surface area (Å²) in [6.45, 7) is 9.45. The van der Waals surface area contributed by atoms with Gasteiger partial charge in [0.05, 0.1) is 5.57 Å². The molecule has 2 aromatic rings. The lowest BCUT2D eigenvalue weighted by Crippen LogP contribution is -2.24. The molecule has 28 heavy (non-hydrogen) atoms. The van der Waals surface area contributed by atoms with Crippen LogP contribution in [0.4, 0.5) is 0 Å². The number of hydrogen-bond donors (Lipinski definition) is 1. The molecule has 0 aromatic heterocycles. The van der Waals surface area contributed by atoms with Gasteiger partial charge >= 0.3 is 5.97 Å². The summed E-state index contributed by atoms with van der Waals surface area (Å²) >= 11 is 0. The van der Waals surface area contributed by atoms with Crippen molar-refractivity contribution in [3.8, 4) is 5.75 Å². The first-order valence-corrected chi connectivity index (χ1v) is 9.79. The fourth-order valence-electron chi connectivity index (χ4n) is 3.55. The number of carbonyl (C=O) groups excluding carboxylic acids is 1. The van der Waals surface area contributed by atoms with E-state index in [4.69, 9.17) is 4.74 Å². The lowest BCUT2D eigenvalue weighted by Gasteiger charge is -2.20. The van der Waals surface area contributed by atoms with Gasteiger partial charge in [-0.15, -0.1) is 0 Å². The van der Waals surface area contributed by atoms with E-state index in [9.17, 15) is 9.90 Å². The maximum Gasteiger partial charge on any atom is 0.338 e. The highest BCUT2D eigenvalue weighted by Gasteiger charge is 2.20. The lowest BCUT2D eigenvalue weighted by atomic mass is 9.91. The largest absolute Gasteiger partial charge is 0.508 e. The van der Waals surface area contributed by atoms with Crippen LogP contribution in [-0.2, 0) is 9.53 Å². The number of phenols is 1. The van der Waals surface area contributed by atoms with Crippen LogP contribution in [0, 0.1) is 0 Å². The molecule has 3 rings (SSSR count). The molecule has 3 nitrogen and oxygen atoms in total. The Kier molecular flexibility index (Phi) is 5.73. The summed E-state index contributed by atoms with van der Waals surface area (Å²) in [7, 11) is 0. The number of phenolic OH excluding ortho intramolecular Hbond substituents is 1. The van der Waals surface area contributed by atoms with E-state index in [2.05, 4.69) is 6.58 Å². The summed E-state index contributed by atoms with van der Waals surface area (Å²) in [6, 6.07) is 15.3. The van der Waals surface area contributed by atoms with Crippen molar-refractivity contribution in [2.24, 2.45) is 0 Å². The van der Waals surface area contributed by atoms with Gasteiger partial charge in [0.1, 0.15) is 11.4 Å². The molecule has 0 spiro atoms. The highest BCUT2D eigenvalue weighted by Crippen LogP contribution is 2.36. The zero-order valence-corrected chi connectivity index (χ0v) is 16.9. The summed E-state index contributed by atoms with van der Waals surface area (Å²) in [6.07, 6.45) is 4.63. The Morgan fingerprint density at radius 3 is 1.86 bits per heavy atom. The maximum absolute atomic E-state index is 12.3. The summed E-state index contributed by atoms with van der Waals surface area (Å²) in [5.74, 6) is -0.128. The minimum Gasteiger partial charge on any atom is -0.508 e. The Morgan fingerprint density at radius 1 is 0.893 bits per heavy atom. The molecule has 1 N–H and O–H groups in total. The standard InChI is InChI=1S/C25H28O3/c1-17(24(27)28-25(2,3)4)18-9-11-20(12-10-18)23(19-7-5-6-8-19)21-13-15-22(26)16-14-21/h9-16,26H,1,5-8H2,2-4H3. The molecule has 0 heterocycles. The smallest absolute Gasteiger partial charge is 0.338 e. The third kappa shape index (κ3) is 4.72. The lowest BCUT2D eigenvalue weighted by molar-refractivity contribution is -0.147. The molecule has 0 amide bonds. The fraction of sp³-hybridized carbons (Fsp3) is 0.320. The Bertz CT molecular complexity index is 886. The third-order valence-corrected chi connectivity index (χ3v) is 4.88. The highest BCUT2D eigenvalue weighted by molar-refractivity contribution is 6.15. The number of carbonyl (C=O) groups is 1. The molecule has 0 atom stereocenters. The van der Waals surface area contributed by atoms with E-state index in [1.54, 1.807) is 12.1 Å². The molecule has 1 fully saturated rings.